The molecule has 1 aliphatic heterocycles. The van der Waals surface area contributed by atoms with E-state index < -0.39 is 0 Å². The van der Waals surface area contributed by atoms with Crippen LogP contribution in [0.2, 0.25) is 0 Å². The van der Waals surface area contributed by atoms with Crippen molar-refractivity contribution in [3.63, 3.8) is 0 Å². The summed E-state index contributed by atoms with van der Waals surface area (Å²) < 4.78 is 5.33. The smallest absolute Gasteiger partial charge is 0.414 e. The predicted molar refractivity (Wildman–Crippen MR) is 97.8 cm³/mol. The number of anilines is 2. The SMILES string of the molecule is CCOC(=O)N1c2ccccc2CCC1c1ccc(N(C)C)cc1. The maximum Gasteiger partial charge on any atom is 0.414 e. The highest BCUT2D eigenvalue weighted by atomic mass is 16.6. The van der Waals surface area contributed by atoms with Crippen LogP contribution in [0.25, 0.3) is 0 Å². The number of carbonyl (C=O) groups is 1. The van der Waals surface area contributed by atoms with Crippen LogP contribution in [-0.4, -0.2) is 26.8 Å². The number of amides is 1. The quantitative estimate of drug-likeness (QED) is 0.839. The summed E-state index contributed by atoms with van der Waals surface area (Å²) in [7, 11) is 4.05. The maximum atomic E-state index is 12.6. The molecule has 0 fully saturated rings. The van der Waals surface area contributed by atoms with E-state index in [0.29, 0.717) is 6.61 Å². The van der Waals surface area contributed by atoms with Gasteiger partial charge >= 0.3 is 6.09 Å². The average Bonchev–Trinajstić information content (AvgIpc) is 2.61. The molecule has 1 amide bonds. The molecule has 2 aromatic rings. The number of rotatable bonds is 3. The molecule has 4 nitrogen and oxygen atoms in total. The van der Waals surface area contributed by atoms with Gasteiger partial charge in [-0.25, -0.2) is 4.79 Å². The van der Waals surface area contributed by atoms with Crippen molar-refractivity contribution in [3.8, 4) is 0 Å². The highest BCUT2D eigenvalue weighted by molar-refractivity contribution is 5.90. The minimum atomic E-state index is -0.272. The van der Waals surface area contributed by atoms with Crippen molar-refractivity contribution in [2.75, 3.05) is 30.5 Å². The lowest BCUT2D eigenvalue weighted by Gasteiger charge is -2.36. The van der Waals surface area contributed by atoms with Crippen molar-refractivity contribution >= 4 is 17.5 Å². The lowest BCUT2D eigenvalue weighted by atomic mass is 9.91. The fraction of sp³-hybridized carbons (Fsp3) is 0.350. The Morgan fingerprint density at radius 2 is 1.88 bits per heavy atom. The molecule has 1 atom stereocenters. The van der Waals surface area contributed by atoms with E-state index in [1.807, 2.05) is 44.1 Å². The Kier molecular flexibility index (Phi) is 4.74. The largest absolute Gasteiger partial charge is 0.449 e. The number of fused-ring (bicyclic) bond motifs is 1. The molecule has 0 aliphatic carbocycles. The third-order valence-corrected chi connectivity index (χ3v) is 4.51. The number of aryl methyl sites for hydroxylation is 1. The summed E-state index contributed by atoms with van der Waals surface area (Å²) in [6.45, 7) is 2.22. The molecule has 0 aromatic heterocycles. The Labute approximate surface area is 143 Å². The highest BCUT2D eigenvalue weighted by Gasteiger charge is 2.32. The lowest BCUT2D eigenvalue weighted by Crippen LogP contribution is -2.38. The van der Waals surface area contributed by atoms with E-state index in [1.165, 1.54) is 5.56 Å². The van der Waals surface area contributed by atoms with E-state index in [0.717, 1.165) is 29.8 Å². The van der Waals surface area contributed by atoms with Gasteiger partial charge in [-0.3, -0.25) is 4.90 Å². The third-order valence-electron chi connectivity index (χ3n) is 4.51. The van der Waals surface area contributed by atoms with Crippen LogP contribution in [-0.2, 0) is 11.2 Å². The Bertz CT molecular complexity index is 710. The van der Waals surface area contributed by atoms with Crippen molar-refractivity contribution in [2.24, 2.45) is 0 Å². The van der Waals surface area contributed by atoms with Gasteiger partial charge in [0.25, 0.3) is 0 Å². The summed E-state index contributed by atoms with van der Waals surface area (Å²) in [5.41, 5.74) is 4.46. The Morgan fingerprint density at radius 3 is 2.54 bits per heavy atom. The zero-order chi connectivity index (χ0) is 17.1. The van der Waals surface area contributed by atoms with Crippen molar-refractivity contribution in [3.05, 3.63) is 59.7 Å². The molecular formula is C20H24N2O2. The second-order valence-corrected chi connectivity index (χ2v) is 6.24. The number of benzene rings is 2. The molecule has 24 heavy (non-hydrogen) atoms. The summed E-state index contributed by atoms with van der Waals surface area (Å²) in [4.78, 5) is 16.5. The van der Waals surface area contributed by atoms with Gasteiger partial charge in [0.2, 0.25) is 0 Å². The van der Waals surface area contributed by atoms with E-state index in [9.17, 15) is 4.79 Å². The number of carbonyl (C=O) groups excluding carboxylic acids is 1. The van der Waals surface area contributed by atoms with E-state index >= 15 is 0 Å². The molecule has 3 rings (SSSR count). The van der Waals surface area contributed by atoms with Crippen LogP contribution >= 0.6 is 0 Å². The Hall–Kier alpha value is -2.49. The minimum Gasteiger partial charge on any atom is -0.449 e. The number of para-hydroxylation sites is 1. The van der Waals surface area contributed by atoms with E-state index in [2.05, 4.69) is 35.2 Å². The third kappa shape index (κ3) is 3.09. The second-order valence-electron chi connectivity index (χ2n) is 6.24. The normalized spacial score (nSPS) is 16.5. The number of ether oxygens (including phenoxy) is 1. The summed E-state index contributed by atoms with van der Waals surface area (Å²) in [5.74, 6) is 0. The van der Waals surface area contributed by atoms with Gasteiger partial charge in [0.1, 0.15) is 0 Å². The average molecular weight is 324 g/mol. The van der Waals surface area contributed by atoms with Gasteiger partial charge in [0.05, 0.1) is 18.3 Å². The molecule has 0 saturated heterocycles. The molecule has 1 unspecified atom stereocenters. The molecule has 0 N–H and O–H groups in total. The molecule has 0 spiro atoms. The van der Waals surface area contributed by atoms with Crippen LogP contribution in [0.3, 0.4) is 0 Å². The van der Waals surface area contributed by atoms with Gasteiger partial charge in [-0.15, -0.1) is 0 Å². The summed E-state index contributed by atoms with van der Waals surface area (Å²) in [6.07, 6.45) is 1.59. The fourth-order valence-electron chi connectivity index (χ4n) is 3.28. The van der Waals surface area contributed by atoms with E-state index in [4.69, 9.17) is 4.74 Å². The zero-order valence-electron chi connectivity index (χ0n) is 14.5. The van der Waals surface area contributed by atoms with Crippen molar-refractivity contribution in [1.29, 1.82) is 0 Å². The summed E-state index contributed by atoms with van der Waals surface area (Å²) >= 11 is 0. The van der Waals surface area contributed by atoms with Crippen LogP contribution in [0, 0.1) is 0 Å². The predicted octanol–water partition coefficient (Wildman–Crippen LogP) is 4.40. The number of nitrogens with zero attached hydrogens (tertiary/aromatic N) is 2. The molecule has 0 radical (unpaired) electrons. The fourth-order valence-corrected chi connectivity index (χ4v) is 3.28. The zero-order valence-corrected chi connectivity index (χ0v) is 14.5. The van der Waals surface area contributed by atoms with Crippen LogP contribution in [0.5, 0.6) is 0 Å². The van der Waals surface area contributed by atoms with E-state index in [1.54, 1.807) is 0 Å². The summed E-state index contributed by atoms with van der Waals surface area (Å²) in [5, 5.41) is 0. The first-order chi connectivity index (χ1) is 11.6. The second kappa shape index (κ2) is 6.95. The monoisotopic (exact) mass is 324 g/mol. The van der Waals surface area contributed by atoms with Crippen LogP contribution < -0.4 is 9.80 Å². The number of hydrogen-bond acceptors (Lipinski definition) is 3. The van der Waals surface area contributed by atoms with Crippen LogP contribution in [0.1, 0.15) is 30.5 Å². The minimum absolute atomic E-state index is 0.00941. The standard InChI is InChI=1S/C20H24N2O2/c1-4-24-20(23)22-18-8-6-5-7-15(18)11-14-19(22)16-9-12-17(13-10-16)21(2)3/h5-10,12-13,19H,4,11,14H2,1-3H3. The number of hydrogen-bond donors (Lipinski definition) is 0. The van der Waals surface area contributed by atoms with Gasteiger partial charge in [0, 0.05) is 19.8 Å². The molecule has 0 bridgehead atoms. The first kappa shape index (κ1) is 16.4. The first-order valence-electron chi connectivity index (χ1n) is 8.43. The van der Waals surface area contributed by atoms with Crippen LogP contribution in [0.15, 0.2) is 48.5 Å². The van der Waals surface area contributed by atoms with Gasteiger partial charge in [-0.2, -0.15) is 0 Å². The van der Waals surface area contributed by atoms with Crippen molar-refractivity contribution in [2.45, 2.75) is 25.8 Å². The van der Waals surface area contributed by atoms with Gasteiger partial charge in [-0.05, 0) is 49.1 Å². The molecule has 1 aliphatic rings. The van der Waals surface area contributed by atoms with E-state index in [-0.39, 0.29) is 12.1 Å². The lowest BCUT2D eigenvalue weighted by molar-refractivity contribution is 0.156. The first-order valence-corrected chi connectivity index (χ1v) is 8.43. The molecule has 1 heterocycles. The Balaban J connectivity index is 1.98. The molecular weight excluding hydrogens is 300 g/mol. The van der Waals surface area contributed by atoms with Gasteiger partial charge < -0.3 is 9.64 Å². The van der Waals surface area contributed by atoms with Crippen molar-refractivity contribution < 1.29 is 9.53 Å². The Morgan fingerprint density at radius 1 is 1.17 bits per heavy atom. The van der Waals surface area contributed by atoms with Crippen LogP contribution in [0.4, 0.5) is 16.2 Å². The van der Waals surface area contributed by atoms with Gasteiger partial charge in [0.15, 0.2) is 0 Å². The van der Waals surface area contributed by atoms with Crippen molar-refractivity contribution in [1.82, 2.24) is 0 Å². The molecule has 2 aromatic carbocycles. The maximum absolute atomic E-state index is 12.6. The highest BCUT2D eigenvalue weighted by Crippen LogP contribution is 2.39. The molecule has 4 heteroatoms. The molecule has 0 saturated carbocycles. The summed E-state index contributed by atoms with van der Waals surface area (Å²) in [6, 6.07) is 16.5. The molecule has 126 valence electrons. The topological polar surface area (TPSA) is 32.8 Å². The van der Waals surface area contributed by atoms with Gasteiger partial charge in [-0.1, -0.05) is 30.3 Å².